The van der Waals surface area contributed by atoms with Crippen LogP contribution in [-0.2, 0) is 4.74 Å². The molecule has 0 radical (unpaired) electrons. The molecule has 3 heterocycles. The number of piperazine rings is 1. The van der Waals surface area contributed by atoms with Crippen LogP contribution in [-0.4, -0.2) is 61.4 Å². The summed E-state index contributed by atoms with van der Waals surface area (Å²) in [6, 6.07) is 0. The fourth-order valence-electron chi connectivity index (χ4n) is 2.87. The van der Waals surface area contributed by atoms with Crippen LogP contribution in [0.1, 0.15) is 12.8 Å². The van der Waals surface area contributed by atoms with Gasteiger partial charge in [0.25, 0.3) is 0 Å². The molecule has 3 rings (SSSR count). The Morgan fingerprint density at radius 1 is 1.26 bits per heavy atom. The van der Waals surface area contributed by atoms with Gasteiger partial charge in [-0.05, 0) is 12.8 Å². The molecule has 0 saturated carbocycles. The van der Waals surface area contributed by atoms with Crippen LogP contribution in [0.15, 0.2) is 11.6 Å². The van der Waals surface area contributed by atoms with Gasteiger partial charge in [0.1, 0.15) is 0 Å². The van der Waals surface area contributed by atoms with Gasteiger partial charge in [0.15, 0.2) is 5.13 Å². The van der Waals surface area contributed by atoms with Crippen LogP contribution in [0.5, 0.6) is 0 Å². The fourth-order valence-corrected chi connectivity index (χ4v) is 3.57. The molecule has 1 aromatic rings. The van der Waals surface area contributed by atoms with Crippen LogP contribution < -0.4 is 10.6 Å². The summed E-state index contributed by atoms with van der Waals surface area (Å²) >= 11 is 1.72. The first-order valence-electron chi connectivity index (χ1n) is 7.07. The van der Waals surface area contributed by atoms with Gasteiger partial charge in [-0.15, -0.1) is 11.3 Å². The Bertz CT molecular complexity index is 378. The van der Waals surface area contributed by atoms with Crippen molar-refractivity contribution in [2.24, 2.45) is 5.73 Å². The maximum absolute atomic E-state index is 5.92. The molecule has 2 unspecified atom stereocenters. The third-order valence-electron chi connectivity index (χ3n) is 3.98. The Kier molecular flexibility index (Phi) is 4.32. The summed E-state index contributed by atoms with van der Waals surface area (Å²) in [7, 11) is 0. The molecule has 0 spiro atoms. The molecule has 2 N–H and O–H groups in total. The van der Waals surface area contributed by atoms with Gasteiger partial charge in [0.2, 0.25) is 0 Å². The molecule has 106 valence electrons. The highest BCUT2D eigenvalue weighted by atomic mass is 32.1. The van der Waals surface area contributed by atoms with E-state index in [1.807, 2.05) is 11.6 Å². The molecular weight excluding hydrogens is 260 g/mol. The Morgan fingerprint density at radius 3 is 2.68 bits per heavy atom. The SMILES string of the molecule is NCC1CCC(CN2CCN(c3nccs3)CC2)O1. The minimum Gasteiger partial charge on any atom is -0.372 e. The quantitative estimate of drug-likeness (QED) is 0.884. The fraction of sp³-hybridized carbons (Fsp3) is 0.769. The van der Waals surface area contributed by atoms with Gasteiger partial charge in [-0.2, -0.15) is 0 Å². The van der Waals surface area contributed by atoms with Crippen molar-refractivity contribution in [1.29, 1.82) is 0 Å². The van der Waals surface area contributed by atoms with Crippen molar-refractivity contribution in [2.75, 3.05) is 44.2 Å². The van der Waals surface area contributed by atoms with E-state index in [-0.39, 0.29) is 0 Å². The highest BCUT2D eigenvalue weighted by Gasteiger charge is 2.27. The zero-order valence-corrected chi connectivity index (χ0v) is 12.0. The lowest BCUT2D eigenvalue weighted by atomic mass is 10.2. The van der Waals surface area contributed by atoms with Gasteiger partial charge in [-0.3, -0.25) is 4.90 Å². The van der Waals surface area contributed by atoms with E-state index in [4.69, 9.17) is 10.5 Å². The number of anilines is 1. The van der Waals surface area contributed by atoms with Crippen LogP contribution in [0.25, 0.3) is 0 Å². The van der Waals surface area contributed by atoms with Crippen molar-refractivity contribution in [3.8, 4) is 0 Å². The molecule has 2 fully saturated rings. The molecule has 0 amide bonds. The van der Waals surface area contributed by atoms with Gasteiger partial charge < -0.3 is 15.4 Å². The van der Waals surface area contributed by atoms with E-state index >= 15 is 0 Å². The number of hydrogen-bond acceptors (Lipinski definition) is 6. The number of thiazole rings is 1. The average Bonchev–Trinajstić information content (AvgIpc) is 3.10. The van der Waals surface area contributed by atoms with E-state index in [1.165, 1.54) is 0 Å². The van der Waals surface area contributed by atoms with Crippen molar-refractivity contribution in [2.45, 2.75) is 25.0 Å². The molecule has 0 aromatic carbocycles. The number of nitrogens with two attached hydrogens (primary N) is 1. The standard InChI is InChI=1S/C13H22N4OS/c14-9-11-1-2-12(18-11)10-16-4-6-17(7-5-16)13-15-3-8-19-13/h3,8,11-12H,1-2,4-7,9-10,14H2. The molecule has 0 bridgehead atoms. The van der Waals surface area contributed by atoms with E-state index < -0.39 is 0 Å². The summed E-state index contributed by atoms with van der Waals surface area (Å²) in [6.07, 6.45) is 4.85. The van der Waals surface area contributed by atoms with Crippen molar-refractivity contribution in [1.82, 2.24) is 9.88 Å². The lowest BCUT2D eigenvalue weighted by molar-refractivity contribution is 0.0260. The van der Waals surface area contributed by atoms with Crippen LogP contribution in [0, 0.1) is 0 Å². The second kappa shape index (κ2) is 6.17. The lowest BCUT2D eigenvalue weighted by Crippen LogP contribution is -2.48. The molecule has 0 aliphatic carbocycles. The Morgan fingerprint density at radius 2 is 2.05 bits per heavy atom. The number of rotatable bonds is 4. The predicted molar refractivity (Wildman–Crippen MR) is 77.7 cm³/mol. The third-order valence-corrected chi connectivity index (χ3v) is 4.81. The van der Waals surface area contributed by atoms with Crippen LogP contribution in [0.2, 0.25) is 0 Å². The summed E-state index contributed by atoms with van der Waals surface area (Å²) in [5.74, 6) is 0. The molecule has 2 aliphatic rings. The van der Waals surface area contributed by atoms with Crippen molar-refractivity contribution < 1.29 is 4.74 Å². The number of aromatic nitrogens is 1. The molecule has 2 saturated heterocycles. The van der Waals surface area contributed by atoms with Crippen LogP contribution >= 0.6 is 11.3 Å². The Labute approximate surface area is 118 Å². The summed E-state index contributed by atoms with van der Waals surface area (Å²) < 4.78 is 5.92. The number of hydrogen-bond donors (Lipinski definition) is 1. The van der Waals surface area contributed by atoms with Gasteiger partial charge in [-0.1, -0.05) is 0 Å². The zero-order valence-electron chi connectivity index (χ0n) is 11.2. The molecule has 2 atom stereocenters. The highest BCUT2D eigenvalue weighted by Crippen LogP contribution is 2.22. The predicted octanol–water partition coefficient (Wildman–Crippen LogP) is 0.771. The van der Waals surface area contributed by atoms with Gasteiger partial charge in [0.05, 0.1) is 12.2 Å². The van der Waals surface area contributed by atoms with Gasteiger partial charge in [0, 0.05) is 50.8 Å². The van der Waals surface area contributed by atoms with E-state index in [9.17, 15) is 0 Å². The van der Waals surface area contributed by atoms with Crippen molar-refractivity contribution >= 4 is 16.5 Å². The molecule has 6 heteroatoms. The summed E-state index contributed by atoms with van der Waals surface area (Å²) in [5.41, 5.74) is 5.65. The van der Waals surface area contributed by atoms with E-state index in [1.54, 1.807) is 11.3 Å². The van der Waals surface area contributed by atoms with E-state index in [2.05, 4.69) is 14.8 Å². The van der Waals surface area contributed by atoms with Crippen molar-refractivity contribution in [3.05, 3.63) is 11.6 Å². The summed E-state index contributed by atoms with van der Waals surface area (Å²) in [5, 5.41) is 3.20. The zero-order chi connectivity index (χ0) is 13.1. The maximum atomic E-state index is 5.92. The van der Waals surface area contributed by atoms with Crippen LogP contribution in [0.3, 0.4) is 0 Å². The first-order valence-corrected chi connectivity index (χ1v) is 7.95. The molecule has 2 aliphatic heterocycles. The first-order chi connectivity index (χ1) is 9.35. The second-order valence-corrected chi connectivity index (χ2v) is 6.17. The Hall–Kier alpha value is -0.690. The van der Waals surface area contributed by atoms with Crippen LogP contribution in [0.4, 0.5) is 5.13 Å². The first kappa shape index (κ1) is 13.3. The number of ether oxygens (including phenoxy) is 1. The topological polar surface area (TPSA) is 54.6 Å². The van der Waals surface area contributed by atoms with Gasteiger partial charge in [-0.25, -0.2) is 4.98 Å². The third kappa shape index (κ3) is 3.25. The number of nitrogens with zero attached hydrogens (tertiary/aromatic N) is 3. The minimum atomic E-state index is 0.293. The summed E-state index contributed by atoms with van der Waals surface area (Å²) in [6.45, 7) is 6.07. The monoisotopic (exact) mass is 282 g/mol. The Balaban J connectivity index is 1.43. The smallest absolute Gasteiger partial charge is 0.185 e. The van der Waals surface area contributed by atoms with Crippen molar-refractivity contribution in [3.63, 3.8) is 0 Å². The van der Waals surface area contributed by atoms with E-state index in [0.29, 0.717) is 18.8 Å². The van der Waals surface area contributed by atoms with Gasteiger partial charge >= 0.3 is 0 Å². The molecule has 5 nitrogen and oxygen atoms in total. The van der Waals surface area contributed by atoms with E-state index in [0.717, 1.165) is 50.7 Å². The summed E-state index contributed by atoms with van der Waals surface area (Å²) in [4.78, 5) is 9.26. The minimum absolute atomic E-state index is 0.293. The lowest BCUT2D eigenvalue weighted by Gasteiger charge is -2.35. The highest BCUT2D eigenvalue weighted by molar-refractivity contribution is 7.13. The largest absolute Gasteiger partial charge is 0.372 e. The maximum Gasteiger partial charge on any atom is 0.185 e. The average molecular weight is 282 g/mol. The normalized spacial score (nSPS) is 29.0. The molecule has 19 heavy (non-hydrogen) atoms. The molecule has 1 aromatic heterocycles. The second-order valence-electron chi connectivity index (χ2n) is 5.30. The molecular formula is C13H22N4OS.